The molecule has 1 aromatic heterocycles. The molecule has 1 fully saturated rings. The van der Waals surface area contributed by atoms with Gasteiger partial charge in [-0.3, -0.25) is 4.79 Å². The highest BCUT2D eigenvalue weighted by molar-refractivity contribution is 5.76. The number of hydrogen-bond donors (Lipinski definition) is 2. The van der Waals surface area contributed by atoms with E-state index in [1.165, 1.54) is 24.1 Å². The zero-order chi connectivity index (χ0) is 13.1. The fraction of sp³-hybridized carbons (Fsp3) is 0.600. The minimum atomic E-state index is 0.186. The van der Waals surface area contributed by atoms with Crippen LogP contribution in [0.15, 0.2) is 12.1 Å². The maximum atomic E-state index is 11.5. The molecule has 1 heterocycles. The highest BCUT2D eigenvalue weighted by Crippen LogP contribution is 2.21. The zero-order valence-electron chi connectivity index (χ0n) is 11.2. The number of anilines is 1. The first kappa shape index (κ1) is 12.5. The van der Waals surface area contributed by atoms with Crippen LogP contribution in [0.5, 0.6) is 0 Å². The minimum Gasteiger partial charge on any atom is -0.370 e. The summed E-state index contributed by atoms with van der Waals surface area (Å²) in [5.74, 6) is 1.13. The molecule has 0 spiro atoms. The zero-order valence-corrected chi connectivity index (χ0v) is 11.2. The third kappa shape index (κ3) is 3.46. The Kier molecular flexibility index (Phi) is 3.67. The average molecular weight is 259 g/mol. The Bertz CT molecular complexity index is 468. The topological polar surface area (TPSA) is 54.0 Å². The lowest BCUT2D eigenvalue weighted by atomic mass is 10.2. The maximum absolute atomic E-state index is 11.5. The third-order valence-electron chi connectivity index (χ3n) is 3.76. The fourth-order valence-electron chi connectivity index (χ4n) is 2.51. The minimum absolute atomic E-state index is 0.186. The summed E-state index contributed by atoms with van der Waals surface area (Å²) in [7, 11) is 0. The van der Waals surface area contributed by atoms with Gasteiger partial charge < -0.3 is 10.6 Å². The van der Waals surface area contributed by atoms with Gasteiger partial charge in [0.05, 0.1) is 0 Å². The first-order valence-electron chi connectivity index (χ1n) is 7.33. The number of carbonyl (C=O) groups is 1. The van der Waals surface area contributed by atoms with E-state index in [2.05, 4.69) is 27.8 Å². The lowest BCUT2D eigenvalue weighted by Crippen LogP contribution is -2.25. The molecular weight excluding hydrogens is 238 g/mol. The van der Waals surface area contributed by atoms with Gasteiger partial charge in [-0.1, -0.05) is 6.07 Å². The molecule has 1 amide bonds. The van der Waals surface area contributed by atoms with E-state index in [0.717, 1.165) is 38.0 Å². The first-order chi connectivity index (χ1) is 9.31. The largest absolute Gasteiger partial charge is 0.370 e. The van der Waals surface area contributed by atoms with E-state index in [9.17, 15) is 4.79 Å². The number of hydrogen-bond acceptors (Lipinski definition) is 3. The molecule has 4 heteroatoms. The van der Waals surface area contributed by atoms with Crippen molar-refractivity contribution in [3.05, 3.63) is 23.4 Å². The fourth-order valence-corrected chi connectivity index (χ4v) is 2.51. The first-order valence-corrected chi connectivity index (χ1v) is 7.33. The number of aryl methyl sites for hydroxylation is 2. The number of fused-ring (bicyclic) bond motifs is 1. The number of pyridine rings is 1. The van der Waals surface area contributed by atoms with E-state index < -0.39 is 0 Å². The number of nitrogens with zero attached hydrogens (tertiary/aromatic N) is 1. The molecule has 0 atom stereocenters. The van der Waals surface area contributed by atoms with Crippen molar-refractivity contribution in [2.24, 2.45) is 0 Å². The molecule has 4 nitrogen and oxygen atoms in total. The second-order valence-corrected chi connectivity index (χ2v) is 5.53. The van der Waals surface area contributed by atoms with Crippen molar-refractivity contribution in [1.29, 1.82) is 0 Å². The molecule has 2 aliphatic carbocycles. The van der Waals surface area contributed by atoms with Crippen LogP contribution in [0.25, 0.3) is 0 Å². The number of rotatable bonds is 6. The Morgan fingerprint density at radius 3 is 3.05 bits per heavy atom. The van der Waals surface area contributed by atoms with Crippen molar-refractivity contribution in [2.75, 3.05) is 11.9 Å². The molecule has 0 radical (unpaired) electrons. The lowest BCUT2D eigenvalue weighted by molar-refractivity contribution is -0.121. The maximum Gasteiger partial charge on any atom is 0.220 e. The van der Waals surface area contributed by atoms with E-state index >= 15 is 0 Å². The molecule has 1 saturated carbocycles. The molecule has 0 saturated heterocycles. The van der Waals surface area contributed by atoms with E-state index in [1.807, 2.05) is 0 Å². The number of aromatic nitrogens is 1. The van der Waals surface area contributed by atoms with Crippen molar-refractivity contribution < 1.29 is 4.79 Å². The van der Waals surface area contributed by atoms with Crippen LogP contribution in [0.1, 0.15) is 43.4 Å². The molecule has 0 bridgehead atoms. The predicted molar refractivity (Wildman–Crippen MR) is 75.2 cm³/mol. The van der Waals surface area contributed by atoms with Crippen molar-refractivity contribution >= 4 is 11.7 Å². The van der Waals surface area contributed by atoms with Crippen LogP contribution >= 0.6 is 0 Å². The molecule has 2 N–H and O–H groups in total. The smallest absolute Gasteiger partial charge is 0.220 e. The van der Waals surface area contributed by atoms with Gasteiger partial charge in [0, 0.05) is 24.7 Å². The summed E-state index contributed by atoms with van der Waals surface area (Å²) in [6.07, 6.45) is 7.28. The van der Waals surface area contributed by atoms with E-state index in [0.29, 0.717) is 12.5 Å². The van der Waals surface area contributed by atoms with Crippen LogP contribution in [-0.2, 0) is 17.6 Å². The summed E-state index contributed by atoms with van der Waals surface area (Å²) in [4.78, 5) is 16.1. The Hall–Kier alpha value is -1.58. The molecule has 19 heavy (non-hydrogen) atoms. The molecule has 0 aliphatic heterocycles. The van der Waals surface area contributed by atoms with Crippen LogP contribution in [0, 0.1) is 0 Å². The number of amides is 1. The van der Waals surface area contributed by atoms with Gasteiger partial charge in [-0.15, -0.1) is 0 Å². The Morgan fingerprint density at radius 2 is 2.21 bits per heavy atom. The second kappa shape index (κ2) is 5.59. The van der Waals surface area contributed by atoms with Crippen molar-refractivity contribution in [2.45, 2.75) is 51.0 Å². The predicted octanol–water partition coefficient (Wildman–Crippen LogP) is 2.04. The van der Waals surface area contributed by atoms with Crippen LogP contribution in [-0.4, -0.2) is 23.5 Å². The summed E-state index contributed by atoms with van der Waals surface area (Å²) in [6.45, 7) is 0.809. The van der Waals surface area contributed by atoms with Gasteiger partial charge in [-0.25, -0.2) is 4.98 Å². The Morgan fingerprint density at radius 1 is 1.32 bits per heavy atom. The van der Waals surface area contributed by atoms with Crippen molar-refractivity contribution in [1.82, 2.24) is 10.3 Å². The van der Waals surface area contributed by atoms with Gasteiger partial charge >= 0.3 is 0 Å². The summed E-state index contributed by atoms with van der Waals surface area (Å²) in [6, 6.07) is 4.70. The molecule has 1 aromatic rings. The summed E-state index contributed by atoms with van der Waals surface area (Å²) >= 11 is 0. The molecule has 0 aromatic carbocycles. The summed E-state index contributed by atoms with van der Waals surface area (Å²) in [5, 5.41) is 6.31. The Labute approximate surface area is 114 Å². The molecule has 102 valence electrons. The standard InChI is InChI=1S/C15H21N3O/c19-15(17-12-7-8-12)5-2-10-16-14-9-6-11-3-1-4-13(11)18-14/h6,9,12H,1-5,7-8,10H2,(H,16,18)(H,17,19). The van der Waals surface area contributed by atoms with Gasteiger partial charge in [0.1, 0.15) is 5.82 Å². The summed E-state index contributed by atoms with van der Waals surface area (Å²) < 4.78 is 0. The van der Waals surface area contributed by atoms with Crippen molar-refractivity contribution in [3.63, 3.8) is 0 Å². The van der Waals surface area contributed by atoms with E-state index in [-0.39, 0.29) is 5.91 Å². The SMILES string of the molecule is O=C(CCCNc1ccc2c(n1)CCC2)NC1CC1. The van der Waals surface area contributed by atoms with E-state index in [1.54, 1.807) is 0 Å². The molecular formula is C15H21N3O. The highest BCUT2D eigenvalue weighted by atomic mass is 16.1. The third-order valence-corrected chi connectivity index (χ3v) is 3.76. The van der Waals surface area contributed by atoms with Crippen LogP contribution in [0.3, 0.4) is 0 Å². The number of nitrogens with one attached hydrogen (secondary N) is 2. The number of carbonyl (C=O) groups excluding carboxylic acids is 1. The lowest BCUT2D eigenvalue weighted by Gasteiger charge is -2.07. The Balaban J connectivity index is 1.38. The highest BCUT2D eigenvalue weighted by Gasteiger charge is 2.22. The van der Waals surface area contributed by atoms with Crippen LogP contribution in [0.2, 0.25) is 0 Å². The summed E-state index contributed by atoms with van der Waals surface area (Å²) in [5.41, 5.74) is 2.64. The monoisotopic (exact) mass is 259 g/mol. The van der Waals surface area contributed by atoms with Gasteiger partial charge in [0.15, 0.2) is 0 Å². The van der Waals surface area contributed by atoms with E-state index in [4.69, 9.17) is 0 Å². The van der Waals surface area contributed by atoms with Crippen LogP contribution < -0.4 is 10.6 Å². The van der Waals surface area contributed by atoms with Gasteiger partial charge in [0.2, 0.25) is 5.91 Å². The van der Waals surface area contributed by atoms with Gasteiger partial charge in [-0.05, 0) is 50.2 Å². The second-order valence-electron chi connectivity index (χ2n) is 5.53. The average Bonchev–Trinajstić information content (AvgIpc) is 3.09. The molecule has 3 rings (SSSR count). The van der Waals surface area contributed by atoms with Crippen LogP contribution in [0.4, 0.5) is 5.82 Å². The normalized spacial score (nSPS) is 17.1. The van der Waals surface area contributed by atoms with Gasteiger partial charge in [-0.2, -0.15) is 0 Å². The van der Waals surface area contributed by atoms with Crippen molar-refractivity contribution in [3.8, 4) is 0 Å². The molecule has 2 aliphatic rings. The molecule has 0 unspecified atom stereocenters. The van der Waals surface area contributed by atoms with Gasteiger partial charge in [0.25, 0.3) is 0 Å². The quantitative estimate of drug-likeness (QED) is 0.769.